The van der Waals surface area contributed by atoms with Crippen LogP contribution < -0.4 is 4.90 Å². The van der Waals surface area contributed by atoms with E-state index in [1.165, 1.54) is 18.5 Å². The van der Waals surface area contributed by atoms with Crippen molar-refractivity contribution in [2.75, 3.05) is 32.6 Å². The molecule has 0 N–H and O–H groups in total. The van der Waals surface area contributed by atoms with Crippen LogP contribution in [0.5, 0.6) is 0 Å². The normalized spacial score (nSPS) is 17.9. The highest BCUT2D eigenvalue weighted by molar-refractivity contribution is 5.43. The Hall–Kier alpha value is -1.09. The number of nitrogens with zero attached hydrogens (tertiary/aromatic N) is 3. The summed E-state index contributed by atoms with van der Waals surface area (Å²) < 4.78 is 0. The van der Waals surface area contributed by atoms with Gasteiger partial charge in [0.2, 0.25) is 0 Å². The first-order valence-electron chi connectivity index (χ1n) is 5.43. The highest BCUT2D eigenvalue weighted by Gasteiger charge is 2.45. The predicted molar refractivity (Wildman–Crippen MR) is 63.2 cm³/mol. The molecule has 0 amide bonds. The van der Waals surface area contributed by atoms with E-state index in [1.807, 2.05) is 18.5 Å². The van der Waals surface area contributed by atoms with E-state index in [-0.39, 0.29) is 0 Å². The van der Waals surface area contributed by atoms with E-state index in [4.69, 9.17) is 0 Å². The maximum atomic E-state index is 4.15. The van der Waals surface area contributed by atoms with Crippen molar-refractivity contribution < 1.29 is 0 Å². The van der Waals surface area contributed by atoms with Crippen molar-refractivity contribution in [2.45, 2.75) is 18.4 Å². The summed E-state index contributed by atoms with van der Waals surface area (Å²) in [4.78, 5) is 8.78. The van der Waals surface area contributed by atoms with E-state index >= 15 is 0 Å². The zero-order chi connectivity index (χ0) is 10.9. The van der Waals surface area contributed by atoms with E-state index < -0.39 is 0 Å². The molecule has 3 nitrogen and oxygen atoms in total. The Morgan fingerprint density at radius 1 is 1.33 bits per heavy atom. The van der Waals surface area contributed by atoms with Crippen molar-refractivity contribution in [3.05, 3.63) is 24.5 Å². The molecule has 0 aromatic carbocycles. The van der Waals surface area contributed by atoms with Gasteiger partial charge in [-0.25, -0.2) is 0 Å². The summed E-state index contributed by atoms with van der Waals surface area (Å²) in [7, 11) is 6.48. The van der Waals surface area contributed by atoms with Crippen molar-refractivity contribution in [1.82, 2.24) is 9.88 Å². The van der Waals surface area contributed by atoms with E-state index in [0.717, 1.165) is 6.54 Å². The Labute approximate surface area is 91.7 Å². The molecule has 0 bridgehead atoms. The number of anilines is 1. The van der Waals surface area contributed by atoms with E-state index in [0.29, 0.717) is 5.54 Å². The molecule has 1 aliphatic rings. The van der Waals surface area contributed by atoms with Gasteiger partial charge in [-0.3, -0.25) is 4.98 Å². The first-order chi connectivity index (χ1) is 7.14. The number of aromatic nitrogens is 1. The summed E-state index contributed by atoms with van der Waals surface area (Å²) in [5.41, 5.74) is 1.61. The Morgan fingerprint density at radius 2 is 2.07 bits per heavy atom. The van der Waals surface area contributed by atoms with Gasteiger partial charge in [-0.2, -0.15) is 0 Å². The summed E-state index contributed by atoms with van der Waals surface area (Å²) in [6, 6.07) is 4.10. The lowest BCUT2D eigenvalue weighted by molar-refractivity contribution is 0.276. The highest BCUT2D eigenvalue weighted by Crippen LogP contribution is 2.41. The Kier molecular flexibility index (Phi) is 2.65. The fourth-order valence-electron chi connectivity index (χ4n) is 2.00. The van der Waals surface area contributed by atoms with Gasteiger partial charge in [-0.05, 0) is 39.1 Å². The minimum atomic E-state index is 0.407. The summed E-state index contributed by atoms with van der Waals surface area (Å²) in [5.74, 6) is 0. The molecule has 1 heterocycles. The van der Waals surface area contributed by atoms with Crippen LogP contribution in [0.1, 0.15) is 12.8 Å². The Morgan fingerprint density at radius 3 is 2.53 bits per heavy atom. The fraction of sp³-hybridized carbons (Fsp3) is 0.583. The molecule has 1 aromatic heterocycles. The molecule has 2 rings (SSSR count). The van der Waals surface area contributed by atoms with Crippen LogP contribution in [-0.2, 0) is 0 Å². The third-order valence-electron chi connectivity index (χ3n) is 3.39. The van der Waals surface area contributed by atoms with E-state index in [2.05, 4.69) is 42.0 Å². The molecule has 3 heteroatoms. The third-order valence-corrected chi connectivity index (χ3v) is 3.39. The summed E-state index contributed by atoms with van der Waals surface area (Å²) in [6.07, 6.45) is 6.36. The van der Waals surface area contributed by atoms with E-state index in [9.17, 15) is 0 Å². The lowest BCUT2D eigenvalue weighted by Gasteiger charge is -2.30. The molecule has 1 fully saturated rings. The van der Waals surface area contributed by atoms with Gasteiger partial charge in [-0.15, -0.1) is 0 Å². The lowest BCUT2D eigenvalue weighted by atomic mass is 10.2. The van der Waals surface area contributed by atoms with Crippen LogP contribution in [0.2, 0.25) is 0 Å². The van der Waals surface area contributed by atoms with Gasteiger partial charge in [0.25, 0.3) is 0 Å². The SMILES string of the molecule is CN(CC1(N(C)C)CC1)c1cccnc1. The molecule has 0 atom stereocenters. The van der Waals surface area contributed by atoms with Crippen LogP contribution in [0, 0.1) is 0 Å². The average Bonchev–Trinajstić information content (AvgIpc) is 3.00. The molecule has 0 radical (unpaired) electrons. The predicted octanol–water partition coefficient (Wildman–Crippen LogP) is 1.61. The summed E-state index contributed by atoms with van der Waals surface area (Å²) in [5, 5.41) is 0. The standard InChI is InChI=1S/C12H19N3/c1-14(2)12(6-7-12)10-15(3)11-5-4-8-13-9-11/h4-5,8-9H,6-7,10H2,1-3H3. The number of pyridine rings is 1. The first kappa shape index (κ1) is 10.4. The average molecular weight is 205 g/mol. The molecule has 1 saturated carbocycles. The van der Waals surface area contributed by atoms with Crippen LogP contribution in [-0.4, -0.2) is 43.1 Å². The van der Waals surface area contributed by atoms with Crippen molar-refractivity contribution >= 4 is 5.69 Å². The Bertz CT molecular complexity index is 317. The van der Waals surface area contributed by atoms with Crippen LogP contribution in [0.25, 0.3) is 0 Å². The molecule has 82 valence electrons. The third kappa shape index (κ3) is 2.12. The monoisotopic (exact) mass is 205 g/mol. The first-order valence-corrected chi connectivity index (χ1v) is 5.43. The van der Waals surface area contributed by atoms with Gasteiger partial charge < -0.3 is 9.80 Å². The van der Waals surface area contributed by atoms with Crippen LogP contribution in [0.15, 0.2) is 24.5 Å². The minimum Gasteiger partial charge on any atom is -0.371 e. The molecular weight excluding hydrogens is 186 g/mol. The molecule has 0 aliphatic heterocycles. The smallest absolute Gasteiger partial charge is 0.0550 e. The number of likely N-dealkylation sites (N-methyl/N-ethyl adjacent to an activating group) is 2. The van der Waals surface area contributed by atoms with Crippen molar-refractivity contribution in [3.63, 3.8) is 0 Å². The maximum Gasteiger partial charge on any atom is 0.0550 e. The fourth-order valence-corrected chi connectivity index (χ4v) is 2.00. The van der Waals surface area contributed by atoms with Gasteiger partial charge >= 0.3 is 0 Å². The van der Waals surface area contributed by atoms with Crippen LogP contribution in [0.3, 0.4) is 0 Å². The molecule has 1 aromatic rings. The van der Waals surface area contributed by atoms with Gasteiger partial charge in [0.05, 0.1) is 11.9 Å². The number of rotatable bonds is 4. The zero-order valence-corrected chi connectivity index (χ0v) is 9.77. The Balaban J connectivity index is 2.02. The van der Waals surface area contributed by atoms with Crippen LogP contribution >= 0.6 is 0 Å². The number of hydrogen-bond acceptors (Lipinski definition) is 3. The molecule has 0 spiro atoms. The summed E-state index contributed by atoms with van der Waals surface area (Å²) >= 11 is 0. The van der Waals surface area contributed by atoms with Gasteiger partial charge in [0.15, 0.2) is 0 Å². The molecule has 0 unspecified atom stereocenters. The van der Waals surface area contributed by atoms with Crippen LogP contribution in [0.4, 0.5) is 5.69 Å². The van der Waals surface area contributed by atoms with E-state index in [1.54, 1.807) is 0 Å². The molecular formula is C12H19N3. The maximum absolute atomic E-state index is 4.15. The summed E-state index contributed by atoms with van der Waals surface area (Å²) in [6.45, 7) is 1.09. The second-order valence-electron chi connectivity index (χ2n) is 4.69. The number of hydrogen-bond donors (Lipinski definition) is 0. The lowest BCUT2D eigenvalue weighted by Crippen LogP contribution is -2.41. The zero-order valence-electron chi connectivity index (χ0n) is 9.77. The second-order valence-corrected chi connectivity index (χ2v) is 4.69. The molecule has 0 saturated heterocycles. The minimum absolute atomic E-state index is 0.407. The van der Waals surface area contributed by atoms with Crippen molar-refractivity contribution in [2.24, 2.45) is 0 Å². The van der Waals surface area contributed by atoms with Crippen molar-refractivity contribution in [3.8, 4) is 0 Å². The topological polar surface area (TPSA) is 19.4 Å². The largest absolute Gasteiger partial charge is 0.371 e. The second kappa shape index (κ2) is 3.81. The molecule has 1 aliphatic carbocycles. The van der Waals surface area contributed by atoms with Gasteiger partial charge in [-0.1, -0.05) is 0 Å². The molecule has 15 heavy (non-hydrogen) atoms. The van der Waals surface area contributed by atoms with Gasteiger partial charge in [0.1, 0.15) is 0 Å². The quantitative estimate of drug-likeness (QED) is 0.744. The van der Waals surface area contributed by atoms with Crippen molar-refractivity contribution in [1.29, 1.82) is 0 Å². The van der Waals surface area contributed by atoms with Gasteiger partial charge in [0, 0.05) is 25.3 Å². The highest BCUT2D eigenvalue weighted by atomic mass is 15.2.